The van der Waals surface area contributed by atoms with Gasteiger partial charge in [-0.2, -0.15) is 0 Å². The number of pyridine rings is 1. The van der Waals surface area contributed by atoms with Crippen molar-refractivity contribution in [1.82, 2.24) is 25.0 Å². The van der Waals surface area contributed by atoms with E-state index in [2.05, 4.69) is 10.3 Å². The van der Waals surface area contributed by atoms with Crippen molar-refractivity contribution < 1.29 is 52.8 Å². The van der Waals surface area contributed by atoms with Crippen molar-refractivity contribution >= 4 is 46.7 Å². The maximum absolute atomic E-state index is 13.8. The van der Waals surface area contributed by atoms with E-state index in [0.29, 0.717) is 10.9 Å². The molecule has 0 radical (unpaired) electrons. The number of rotatable bonds is 11. The second kappa shape index (κ2) is 16.8. The number of nitrogens with zero attached hydrogens (tertiary/aromatic N) is 4. The van der Waals surface area contributed by atoms with E-state index in [0.717, 1.165) is 5.56 Å². The molecule has 0 saturated carbocycles. The molecule has 1 aromatic carbocycles. The van der Waals surface area contributed by atoms with Gasteiger partial charge in [0.2, 0.25) is 5.91 Å². The van der Waals surface area contributed by atoms with Gasteiger partial charge in [0.15, 0.2) is 6.61 Å². The molecule has 2 N–H and O–H groups in total. The van der Waals surface area contributed by atoms with E-state index in [9.17, 15) is 33.9 Å². The molecule has 1 aromatic heterocycles. The summed E-state index contributed by atoms with van der Waals surface area (Å²) in [6.07, 6.45) is -1.56. The highest BCUT2D eigenvalue weighted by molar-refractivity contribution is 5.99. The topological polar surface area (TPSA) is 194 Å². The van der Waals surface area contributed by atoms with Gasteiger partial charge >= 0.3 is 18.0 Å². The molecule has 278 valence electrons. The molecule has 4 rings (SSSR count). The Labute approximate surface area is 296 Å². The molecule has 3 heterocycles. The van der Waals surface area contributed by atoms with Gasteiger partial charge in [-0.25, -0.2) is 14.6 Å². The number of aliphatic hydroxyl groups is 1. The third-order valence-corrected chi connectivity index (χ3v) is 8.36. The second-order valence-electron chi connectivity index (χ2n) is 13.5. The number of aromatic nitrogens is 1. The average molecular weight is 714 g/mol. The van der Waals surface area contributed by atoms with Crippen LogP contribution in [0.1, 0.15) is 63.0 Å². The molecule has 2 aliphatic heterocycles. The number of β-amino-alcohol motifs (C(OH)–C–C–N with tert-alkyl or cyclic N) is 1. The number of carbonyl (C=O) groups is 6. The fourth-order valence-electron chi connectivity index (χ4n) is 5.90. The highest BCUT2D eigenvalue weighted by Gasteiger charge is 2.40. The third-order valence-electron chi connectivity index (χ3n) is 8.36. The number of aliphatic hydroxyl groups excluding tert-OH is 1. The number of methoxy groups -OCH3 is 1. The number of nitrogens with one attached hydrogen (secondary N) is 1. The van der Waals surface area contributed by atoms with Crippen molar-refractivity contribution in [3.63, 3.8) is 0 Å². The van der Waals surface area contributed by atoms with Crippen LogP contribution in [-0.2, 0) is 33.4 Å². The first-order valence-corrected chi connectivity index (χ1v) is 16.9. The fourth-order valence-corrected chi connectivity index (χ4v) is 5.90. The number of hydrogen-bond donors (Lipinski definition) is 2. The number of aryl methyl sites for hydroxylation is 1. The zero-order valence-electron chi connectivity index (χ0n) is 29.9. The van der Waals surface area contributed by atoms with Crippen LogP contribution in [0.5, 0.6) is 5.75 Å². The summed E-state index contributed by atoms with van der Waals surface area (Å²) in [7, 11) is 1.20. The Balaban J connectivity index is 1.55. The second-order valence-corrected chi connectivity index (χ2v) is 13.5. The maximum Gasteiger partial charge on any atom is 0.409 e. The number of carbonyl (C=O) groups excluding carboxylic acids is 6. The molecule has 0 bridgehead atoms. The van der Waals surface area contributed by atoms with Crippen molar-refractivity contribution in [2.75, 3.05) is 53.0 Å². The van der Waals surface area contributed by atoms with Gasteiger partial charge in [-0.15, -0.1) is 0 Å². The summed E-state index contributed by atoms with van der Waals surface area (Å²) in [4.78, 5) is 86.5. The summed E-state index contributed by atoms with van der Waals surface area (Å²) in [5.41, 5.74) is 0.375. The van der Waals surface area contributed by atoms with Gasteiger partial charge in [-0.05, 0) is 58.7 Å². The standard InChI is InChI=1S/C35H47N5O11/c1-7-49-34(47)39-14-12-38(13-15-39)32(45)24(10-11-30(43)51-35(3,4)5)37-31(44)26-18-28(23-9-8-21(2)16-25(23)36-26)50-20-29(42)40-19-22(41)17-27(40)33(46)48-6/h8-9,16,18,22,24,27,41H,7,10-15,17,19-20H2,1-6H3,(H,37,44)/t22?,24-,27?/m0/s1. The van der Waals surface area contributed by atoms with Crippen LogP contribution >= 0.6 is 0 Å². The lowest BCUT2D eigenvalue weighted by molar-refractivity contribution is -0.155. The molecule has 4 amide bonds. The van der Waals surface area contributed by atoms with Crippen molar-refractivity contribution in [3.05, 3.63) is 35.5 Å². The lowest BCUT2D eigenvalue weighted by atomic mass is 10.1. The van der Waals surface area contributed by atoms with Gasteiger partial charge < -0.3 is 44.1 Å². The van der Waals surface area contributed by atoms with E-state index < -0.39 is 66.1 Å². The number of amides is 4. The van der Waals surface area contributed by atoms with E-state index in [1.54, 1.807) is 39.8 Å². The highest BCUT2D eigenvalue weighted by atomic mass is 16.6. The molecule has 0 aliphatic carbocycles. The number of benzene rings is 1. The number of hydrogen-bond acceptors (Lipinski definition) is 12. The van der Waals surface area contributed by atoms with Gasteiger partial charge in [0.05, 0.1) is 25.3 Å². The van der Waals surface area contributed by atoms with Crippen LogP contribution in [0.3, 0.4) is 0 Å². The van der Waals surface area contributed by atoms with Crippen LogP contribution < -0.4 is 10.1 Å². The first-order chi connectivity index (χ1) is 24.1. The molecule has 16 heteroatoms. The number of ether oxygens (including phenoxy) is 4. The van der Waals surface area contributed by atoms with Crippen molar-refractivity contribution in [2.45, 2.75) is 77.7 Å². The van der Waals surface area contributed by atoms with E-state index in [1.807, 2.05) is 13.0 Å². The number of esters is 2. The monoisotopic (exact) mass is 713 g/mol. The van der Waals surface area contributed by atoms with E-state index in [-0.39, 0.29) is 70.0 Å². The molecule has 0 spiro atoms. The predicted molar refractivity (Wildman–Crippen MR) is 182 cm³/mol. The van der Waals surface area contributed by atoms with Gasteiger partial charge in [0.1, 0.15) is 29.1 Å². The largest absolute Gasteiger partial charge is 0.483 e. The Morgan fingerprint density at radius 2 is 1.73 bits per heavy atom. The zero-order valence-corrected chi connectivity index (χ0v) is 29.9. The first-order valence-electron chi connectivity index (χ1n) is 16.9. The van der Waals surface area contributed by atoms with Gasteiger partial charge in [-0.1, -0.05) is 6.07 Å². The summed E-state index contributed by atoms with van der Waals surface area (Å²) < 4.78 is 21.2. The van der Waals surface area contributed by atoms with E-state index in [1.165, 1.54) is 27.9 Å². The molecule has 2 unspecified atom stereocenters. The summed E-state index contributed by atoms with van der Waals surface area (Å²) in [6.45, 7) is 9.24. The molecule has 16 nitrogen and oxygen atoms in total. The minimum atomic E-state index is -1.14. The number of fused-ring (bicyclic) bond motifs is 1. The van der Waals surface area contributed by atoms with Gasteiger partial charge in [0.25, 0.3) is 11.8 Å². The van der Waals surface area contributed by atoms with Gasteiger partial charge in [-0.3, -0.25) is 19.2 Å². The minimum absolute atomic E-state index is 0.0368. The highest BCUT2D eigenvalue weighted by Crippen LogP contribution is 2.28. The fraction of sp³-hybridized carbons (Fsp3) is 0.571. The molecule has 2 aromatic rings. The third kappa shape index (κ3) is 10.3. The molecule has 51 heavy (non-hydrogen) atoms. The summed E-state index contributed by atoms with van der Waals surface area (Å²) in [5.74, 6) is -2.78. The van der Waals surface area contributed by atoms with Crippen molar-refractivity contribution in [3.8, 4) is 5.75 Å². The average Bonchev–Trinajstić information content (AvgIpc) is 3.48. The summed E-state index contributed by atoms with van der Waals surface area (Å²) >= 11 is 0. The number of piperazine rings is 1. The Morgan fingerprint density at radius 3 is 2.37 bits per heavy atom. The molecule has 2 aliphatic rings. The quantitative estimate of drug-likeness (QED) is 0.253. The van der Waals surface area contributed by atoms with Crippen molar-refractivity contribution in [1.29, 1.82) is 0 Å². The molecule has 2 fully saturated rings. The first kappa shape index (κ1) is 38.8. The molecular formula is C35H47N5O11. The minimum Gasteiger partial charge on any atom is -0.483 e. The summed E-state index contributed by atoms with van der Waals surface area (Å²) in [5, 5.41) is 13.4. The SMILES string of the molecule is CCOC(=O)N1CCN(C(=O)[C@H](CCC(=O)OC(C)(C)C)NC(=O)c2cc(OCC(=O)N3CC(O)CC3C(=O)OC)c3ccc(C)cc3n2)CC1. The lowest BCUT2D eigenvalue weighted by Crippen LogP contribution is -2.56. The smallest absolute Gasteiger partial charge is 0.409 e. The Hall–Kier alpha value is -4.99. The Bertz CT molecular complexity index is 1630. The zero-order chi connectivity index (χ0) is 37.5. The predicted octanol–water partition coefficient (Wildman–Crippen LogP) is 1.58. The normalized spacial score (nSPS) is 18.2. The molecule has 3 atom stereocenters. The molecular weight excluding hydrogens is 666 g/mol. The van der Waals surface area contributed by atoms with Crippen LogP contribution in [0, 0.1) is 6.92 Å². The lowest BCUT2D eigenvalue weighted by Gasteiger charge is -2.36. The van der Waals surface area contributed by atoms with Crippen LogP contribution in [0.2, 0.25) is 0 Å². The maximum atomic E-state index is 13.8. The van der Waals surface area contributed by atoms with Gasteiger partial charge in [0, 0.05) is 57.0 Å². The Kier molecular flexibility index (Phi) is 12.8. The van der Waals surface area contributed by atoms with Crippen LogP contribution in [0.15, 0.2) is 24.3 Å². The van der Waals surface area contributed by atoms with Crippen LogP contribution in [0.25, 0.3) is 10.9 Å². The van der Waals surface area contributed by atoms with Crippen molar-refractivity contribution in [2.24, 2.45) is 0 Å². The van der Waals surface area contributed by atoms with Crippen LogP contribution in [0.4, 0.5) is 4.79 Å². The molecule has 2 saturated heterocycles. The Morgan fingerprint density at radius 1 is 1.04 bits per heavy atom. The van der Waals surface area contributed by atoms with Crippen LogP contribution in [-0.4, -0.2) is 137 Å². The van der Waals surface area contributed by atoms with E-state index >= 15 is 0 Å². The summed E-state index contributed by atoms with van der Waals surface area (Å²) in [6, 6.07) is 4.54. The van der Waals surface area contributed by atoms with E-state index in [4.69, 9.17) is 18.9 Å². The number of likely N-dealkylation sites (tertiary alicyclic amines) is 1.